The van der Waals surface area contributed by atoms with Gasteiger partial charge in [-0.25, -0.2) is 0 Å². The summed E-state index contributed by atoms with van der Waals surface area (Å²) in [6, 6.07) is 9.63. The van der Waals surface area contributed by atoms with Crippen LogP contribution in [0.5, 0.6) is 5.75 Å². The van der Waals surface area contributed by atoms with Crippen LogP contribution in [-0.2, 0) is 11.3 Å². The Bertz CT molecular complexity index is 733. The van der Waals surface area contributed by atoms with Gasteiger partial charge in [0, 0.05) is 18.3 Å². The first-order valence-electron chi connectivity index (χ1n) is 6.72. The van der Waals surface area contributed by atoms with Gasteiger partial charge in [-0.15, -0.1) is 0 Å². The first-order valence-corrected chi connectivity index (χ1v) is 6.72. The fourth-order valence-electron chi connectivity index (χ4n) is 2.33. The minimum absolute atomic E-state index is 0.0873. The Kier molecular flexibility index (Phi) is 3.46. The van der Waals surface area contributed by atoms with Gasteiger partial charge in [0.05, 0.1) is 22.8 Å². The number of fused-ring (bicyclic) bond motifs is 1. The number of hydrogen-bond acceptors (Lipinski definition) is 5. The number of pyridine rings is 1. The van der Waals surface area contributed by atoms with Crippen LogP contribution in [0, 0.1) is 10.1 Å². The van der Waals surface area contributed by atoms with E-state index in [-0.39, 0.29) is 18.1 Å². The molecule has 1 aliphatic rings. The van der Waals surface area contributed by atoms with Crippen LogP contribution in [0.3, 0.4) is 0 Å². The van der Waals surface area contributed by atoms with Gasteiger partial charge >= 0.3 is 0 Å². The molecule has 7 heteroatoms. The molecule has 1 aliphatic heterocycles. The third-order valence-corrected chi connectivity index (χ3v) is 3.41. The zero-order valence-electron chi connectivity index (χ0n) is 11.8. The molecule has 22 heavy (non-hydrogen) atoms. The molecular formula is C15H13N3O4. The maximum Gasteiger partial charge on any atom is 0.271 e. The molecular weight excluding hydrogens is 286 g/mol. The molecule has 1 amide bonds. The maximum absolute atomic E-state index is 12.4. The van der Waals surface area contributed by atoms with Gasteiger partial charge in [0.1, 0.15) is 5.75 Å². The summed E-state index contributed by atoms with van der Waals surface area (Å²) in [5.41, 5.74) is 1.00. The summed E-state index contributed by atoms with van der Waals surface area (Å²) in [6.07, 6.45) is 0.996. The molecule has 1 atom stereocenters. The number of hydrogen-bond donors (Lipinski definition) is 0. The smallest absolute Gasteiger partial charge is 0.271 e. The van der Waals surface area contributed by atoms with Gasteiger partial charge in [-0.2, -0.15) is 0 Å². The van der Waals surface area contributed by atoms with Gasteiger partial charge in [-0.3, -0.25) is 24.8 Å². The van der Waals surface area contributed by atoms with E-state index in [1.54, 1.807) is 25.3 Å². The molecule has 0 radical (unpaired) electrons. The highest BCUT2D eigenvalue weighted by atomic mass is 16.6. The molecule has 2 heterocycles. The van der Waals surface area contributed by atoms with E-state index >= 15 is 0 Å². The molecule has 0 bridgehead atoms. The van der Waals surface area contributed by atoms with Crippen molar-refractivity contribution in [3.05, 3.63) is 58.4 Å². The molecule has 0 spiro atoms. The second-order valence-corrected chi connectivity index (χ2v) is 4.91. The number of nitro groups is 1. The van der Waals surface area contributed by atoms with E-state index in [1.807, 2.05) is 6.07 Å². The van der Waals surface area contributed by atoms with E-state index in [2.05, 4.69) is 4.98 Å². The van der Waals surface area contributed by atoms with Crippen molar-refractivity contribution >= 4 is 17.3 Å². The number of aromatic nitrogens is 1. The molecule has 7 nitrogen and oxygen atoms in total. The summed E-state index contributed by atoms with van der Waals surface area (Å²) in [6.45, 7) is 1.89. The summed E-state index contributed by atoms with van der Waals surface area (Å²) in [5.74, 6) is 0.201. The number of carbonyl (C=O) groups is 1. The summed E-state index contributed by atoms with van der Waals surface area (Å²) in [5, 5.41) is 10.9. The molecule has 2 aromatic rings. The molecule has 0 saturated heterocycles. The largest absolute Gasteiger partial charge is 0.479 e. The van der Waals surface area contributed by atoms with Gasteiger partial charge in [-0.05, 0) is 25.1 Å². The number of nitrogens with zero attached hydrogens (tertiary/aromatic N) is 3. The Balaban J connectivity index is 2.03. The number of carbonyl (C=O) groups excluding carboxylic acids is 1. The predicted molar refractivity (Wildman–Crippen MR) is 78.6 cm³/mol. The number of anilines is 1. The van der Waals surface area contributed by atoms with Crippen molar-refractivity contribution in [3.63, 3.8) is 0 Å². The van der Waals surface area contributed by atoms with Gasteiger partial charge in [0.2, 0.25) is 0 Å². The molecule has 0 saturated carbocycles. The van der Waals surface area contributed by atoms with Crippen molar-refractivity contribution in [1.29, 1.82) is 0 Å². The number of ether oxygens (including phenoxy) is 1. The van der Waals surface area contributed by atoms with Crippen molar-refractivity contribution < 1.29 is 14.5 Å². The van der Waals surface area contributed by atoms with Crippen LogP contribution in [-0.4, -0.2) is 21.9 Å². The van der Waals surface area contributed by atoms with Gasteiger partial charge in [0.15, 0.2) is 6.10 Å². The number of nitro benzene ring substituents is 1. The lowest BCUT2D eigenvalue weighted by atomic mass is 10.1. The molecule has 3 rings (SSSR count). The molecule has 1 unspecified atom stereocenters. The lowest BCUT2D eigenvalue weighted by molar-refractivity contribution is -0.384. The number of benzene rings is 1. The van der Waals surface area contributed by atoms with Crippen LogP contribution in [0.25, 0.3) is 0 Å². The Morgan fingerprint density at radius 1 is 1.36 bits per heavy atom. The minimum Gasteiger partial charge on any atom is -0.479 e. The first-order chi connectivity index (χ1) is 10.6. The quantitative estimate of drug-likeness (QED) is 0.641. The summed E-state index contributed by atoms with van der Waals surface area (Å²) in [7, 11) is 0. The summed E-state index contributed by atoms with van der Waals surface area (Å²) < 4.78 is 5.51. The van der Waals surface area contributed by atoms with Crippen molar-refractivity contribution in [2.24, 2.45) is 0 Å². The SMILES string of the molecule is CC1Oc2ccc([N+](=O)[O-])cc2N(Cc2ccccn2)C1=O. The predicted octanol–water partition coefficient (Wildman–Crippen LogP) is 2.30. The zero-order valence-corrected chi connectivity index (χ0v) is 11.8. The highest BCUT2D eigenvalue weighted by Crippen LogP contribution is 2.37. The number of rotatable bonds is 3. The van der Waals surface area contributed by atoms with Crippen LogP contribution in [0.1, 0.15) is 12.6 Å². The van der Waals surface area contributed by atoms with Crippen molar-refractivity contribution in [2.75, 3.05) is 4.90 Å². The average molecular weight is 299 g/mol. The second kappa shape index (κ2) is 5.44. The van der Waals surface area contributed by atoms with E-state index in [1.165, 1.54) is 23.1 Å². The lowest BCUT2D eigenvalue weighted by Crippen LogP contribution is -2.44. The lowest BCUT2D eigenvalue weighted by Gasteiger charge is -2.32. The van der Waals surface area contributed by atoms with E-state index < -0.39 is 11.0 Å². The van der Waals surface area contributed by atoms with Crippen molar-refractivity contribution in [3.8, 4) is 5.75 Å². The van der Waals surface area contributed by atoms with E-state index in [4.69, 9.17) is 4.74 Å². The average Bonchev–Trinajstić information content (AvgIpc) is 2.52. The van der Waals surface area contributed by atoms with Gasteiger partial charge in [-0.1, -0.05) is 6.07 Å². The van der Waals surface area contributed by atoms with Gasteiger partial charge in [0.25, 0.3) is 11.6 Å². The monoisotopic (exact) mass is 299 g/mol. The van der Waals surface area contributed by atoms with Gasteiger partial charge < -0.3 is 4.74 Å². The van der Waals surface area contributed by atoms with Crippen LogP contribution in [0.4, 0.5) is 11.4 Å². The zero-order chi connectivity index (χ0) is 15.7. The van der Waals surface area contributed by atoms with Crippen LogP contribution < -0.4 is 9.64 Å². The molecule has 0 N–H and O–H groups in total. The summed E-state index contributed by atoms with van der Waals surface area (Å²) >= 11 is 0. The highest BCUT2D eigenvalue weighted by Gasteiger charge is 2.33. The highest BCUT2D eigenvalue weighted by molar-refractivity contribution is 6.00. The first kappa shape index (κ1) is 14.0. The third kappa shape index (κ3) is 2.48. The van der Waals surface area contributed by atoms with Crippen LogP contribution in [0.2, 0.25) is 0 Å². The van der Waals surface area contributed by atoms with E-state index in [0.29, 0.717) is 17.1 Å². The maximum atomic E-state index is 12.4. The fraction of sp³-hybridized carbons (Fsp3) is 0.200. The fourth-order valence-corrected chi connectivity index (χ4v) is 2.33. The van der Waals surface area contributed by atoms with E-state index in [0.717, 1.165) is 0 Å². The Labute approximate surface area is 126 Å². The standard InChI is InChI=1S/C15H13N3O4/c1-10-15(19)17(9-11-4-2-3-7-16-11)13-8-12(18(20)21)5-6-14(13)22-10/h2-8,10H,9H2,1H3. The van der Waals surface area contributed by atoms with Crippen LogP contribution in [0.15, 0.2) is 42.6 Å². The molecule has 112 valence electrons. The Morgan fingerprint density at radius 2 is 2.18 bits per heavy atom. The minimum atomic E-state index is -0.641. The Morgan fingerprint density at radius 3 is 2.86 bits per heavy atom. The topological polar surface area (TPSA) is 85.6 Å². The number of amides is 1. The Hall–Kier alpha value is -2.96. The molecule has 1 aromatic heterocycles. The molecule has 0 aliphatic carbocycles. The summed E-state index contributed by atoms with van der Waals surface area (Å²) in [4.78, 5) is 28.5. The number of non-ortho nitro benzene ring substituents is 1. The third-order valence-electron chi connectivity index (χ3n) is 3.41. The molecule has 0 fully saturated rings. The normalized spacial score (nSPS) is 16.9. The second-order valence-electron chi connectivity index (χ2n) is 4.91. The molecule has 1 aromatic carbocycles. The van der Waals surface area contributed by atoms with Crippen molar-refractivity contribution in [2.45, 2.75) is 19.6 Å². The van der Waals surface area contributed by atoms with Crippen molar-refractivity contribution in [1.82, 2.24) is 4.98 Å². The van der Waals surface area contributed by atoms with E-state index in [9.17, 15) is 14.9 Å². The van der Waals surface area contributed by atoms with Crippen LogP contribution >= 0.6 is 0 Å².